The van der Waals surface area contributed by atoms with Gasteiger partial charge in [0, 0.05) is 30.9 Å². The molecule has 0 saturated heterocycles. The number of nitrogens with one attached hydrogen (secondary N) is 2. The molecule has 0 radical (unpaired) electrons. The van der Waals surface area contributed by atoms with E-state index in [9.17, 15) is 9.59 Å². The van der Waals surface area contributed by atoms with Crippen LogP contribution in [0.15, 0.2) is 65.3 Å². The molecular formula is C27H29N5O4. The van der Waals surface area contributed by atoms with Gasteiger partial charge in [0.25, 0.3) is 0 Å². The summed E-state index contributed by atoms with van der Waals surface area (Å²) in [6.07, 6.45) is 4.90. The average molecular weight is 488 g/mol. The maximum Gasteiger partial charge on any atom is 0.228 e. The predicted molar refractivity (Wildman–Crippen MR) is 135 cm³/mol. The lowest BCUT2D eigenvalue weighted by atomic mass is 10.1. The second-order valence-corrected chi connectivity index (χ2v) is 8.47. The third kappa shape index (κ3) is 6.59. The minimum atomic E-state index is -0.129. The van der Waals surface area contributed by atoms with E-state index in [1.165, 1.54) is 0 Å². The largest absolute Gasteiger partial charge is 0.497 e. The molecule has 0 spiro atoms. The molecule has 2 heterocycles. The summed E-state index contributed by atoms with van der Waals surface area (Å²) in [6.45, 7) is 2.09. The van der Waals surface area contributed by atoms with Crippen LogP contribution in [-0.4, -0.2) is 33.7 Å². The third-order valence-electron chi connectivity index (χ3n) is 5.66. The molecule has 0 aliphatic carbocycles. The van der Waals surface area contributed by atoms with Crippen LogP contribution in [0.1, 0.15) is 29.0 Å². The van der Waals surface area contributed by atoms with Crippen LogP contribution in [0.25, 0.3) is 11.5 Å². The van der Waals surface area contributed by atoms with E-state index < -0.39 is 0 Å². The number of aryl methyl sites for hydroxylation is 3. The second kappa shape index (κ2) is 11.4. The van der Waals surface area contributed by atoms with Crippen molar-refractivity contribution in [2.75, 3.05) is 12.4 Å². The molecule has 0 aliphatic heterocycles. The molecule has 0 saturated carbocycles. The maximum absolute atomic E-state index is 12.5. The number of hydrogen-bond donors (Lipinski definition) is 2. The number of ether oxygens (including phenoxy) is 1. The van der Waals surface area contributed by atoms with E-state index in [4.69, 9.17) is 9.15 Å². The Morgan fingerprint density at radius 2 is 1.89 bits per heavy atom. The van der Waals surface area contributed by atoms with E-state index in [0.29, 0.717) is 35.9 Å². The first-order valence-corrected chi connectivity index (χ1v) is 11.6. The van der Waals surface area contributed by atoms with Crippen LogP contribution in [-0.2, 0) is 36.0 Å². The first-order chi connectivity index (χ1) is 17.4. The quantitative estimate of drug-likeness (QED) is 0.352. The van der Waals surface area contributed by atoms with Gasteiger partial charge in [-0.2, -0.15) is 5.10 Å². The lowest BCUT2D eigenvalue weighted by molar-refractivity contribution is -0.121. The summed E-state index contributed by atoms with van der Waals surface area (Å²) in [4.78, 5) is 29.3. The number of amides is 2. The summed E-state index contributed by atoms with van der Waals surface area (Å²) in [5, 5.41) is 9.93. The number of hydrogen-bond acceptors (Lipinski definition) is 6. The molecule has 9 nitrogen and oxygen atoms in total. The van der Waals surface area contributed by atoms with Gasteiger partial charge in [-0.15, -0.1) is 0 Å². The number of oxazole rings is 1. The molecule has 4 aromatic rings. The van der Waals surface area contributed by atoms with Gasteiger partial charge in [-0.3, -0.25) is 14.3 Å². The summed E-state index contributed by atoms with van der Waals surface area (Å²) in [5.41, 5.74) is 3.94. The Morgan fingerprint density at radius 1 is 1.08 bits per heavy atom. The highest BCUT2D eigenvalue weighted by Crippen LogP contribution is 2.24. The van der Waals surface area contributed by atoms with E-state index in [1.54, 1.807) is 18.0 Å². The Morgan fingerprint density at radius 3 is 2.61 bits per heavy atom. The zero-order valence-corrected chi connectivity index (χ0v) is 20.6. The molecule has 2 aromatic heterocycles. The van der Waals surface area contributed by atoms with Crippen LogP contribution < -0.4 is 15.4 Å². The van der Waals surface area contributed by atoms with Crippen LogP contribution in [0.4, 0.5) is 5.69 Å². The minimum absolute atomic E-state index is 0.0654. The van der Waals surface area contributed by atoms with Crippen LogP contribution in [0.2, 0.25) is 0 Å². The molecule has 0 unspecified atom stereocenters. The van der Waals surface area contributed by atoms with Gasteiger partial charge in [0.1, 0.15) is 17.2 Å². The van der Waals surface area contributed by atoms with Crippen molar-refractivity contribution in [3.63, 3.8) is 0 Å². The standard InChI is InChI=1S/C27H29N5O4/c1-18-24(16-28-25(33)12-9-20-15-29-32(2)17-20)31-27(36-18)21-5-4-6-22(14-21)30-26(34)13-19-7-10-23(35-3)11-8-19/h4-8,10-11,14-15,17H,9,12-13,16H2,1-3H3,(H,28,33)(H,30,34). The molecule has 0 fully saturated rings. The second-order valence-electron chi connectivity index (χ2n) is 8.47. The zero-order valence-electron chi connectivity index (χ0n) is 20.6. The highest BCUT2D eigenvalue weighted by atomic mass is 16.5. The van der Waals surface area contributed by atoms with Crippen LogP contribution in [0, 0.1) is 6.92 Å². The van der Waals surface area contributed by atoms with Crippen molar-refractivity contribution < 1.29 is 18.7 Å². The molecule has 2 N–H and O–H groups in total. The van der Waals surface area contributed by atoms with Gasteiger partial charge in [0.15, 0.2) is 0 Å². The van der Waals surface area contributed by atoms with Gasteiger partial charge in [-0.05, 0) is 54.8 Å². The third-order valence-corrected chi connectivity index (χ3v) is 5.66. The number of benzene rings is 2. The van der Waals surface area contributed by atoms with Crippen LogP contribution in [0.3, 0.4) is 0 Å². The fourth-order valence-electron chi connectivity index (χ4n) is 3.71. The first kappa shape index (κ1) is 24.7. The molecular weight excluding hydrogens is 458 g/mol. The van der Waals surface area contributed by atoms with Crippen LogP contribution >= 0.6 is 0 Å². The van der Waals surface area contributed by atoms with E-state index in [-0.39, 0.29) is 24.8 Å². The normalized spacial score (nSPS) is 10.8. The number of aromatic nitrogens is 3. The van der Waals surface area contributed by atoms with Crippen molar-refractivity contribution in [3.8, 4) is 17.2 Å². The first-order valence-electron chi connectivity index (χ1n) is 11.6. The lowest BCUT2D eigenvalue weighted by Crippen LogP contribution is -2.23. The Labute approximate surface area is 209 Å². The monoisotopic (exact) mass is 487 g/mol. The highest BCUT2D eigenvalue weighted by Gasteiger charge is 2.14. The van der Waals surface area contributed by atoms with Crippen molar-refractivity contribution in [1.29, 1.82) is 0 Å². The lowest BCUT2D eigenvalue weighted by Gasteiger charge is -2.07. The van der Waals surface area contributed by atoms with E-state index in [0.717, 1.165) is 22.4 Å². The number of carbonyl (C=O) groups excluding carboxylic acids is 2. The van der Waals surface area contributed by atoms with E-state index >= 15 is 0 Å². The molecule has 36 heavy (non-hydrogen) atoms. The van der Waals surface area contributed by atoms with Gasteiger partial charge in [0.05, 0.1) is 26.3 Å². The van der Waals surface area contributed by atoms with Crippen LogP contribution in [0.5, 0.6) is 5.75 Å². The average Bonchev–Trinajstić information content (AvgIpc) is 3.46. The Hall–Kier alpha value is -4.40. The summed E-state index contributed by atoms with van der Waals surface area (Å²) < 4.78 is 12.7. The molecule has 186 valence electrons. The number of nitrogens with zero attached hydrogens (tertiary/aromatic N) is 3. The van der Waals surface area contributed by atoms with Gasteiger partial charge >= 0.3 is 0 Å². The zero-order chi connectivity index (χ0) is 25.5. The Balaban J connectivity index is 1.33. The molecule has 2 aromatic carbocycles. The smallest absolute Gasteiger partial charge is 0.228 e. The number of carbonyl (C=O) groups is 2. The molecule has 9 heteroatoms. The Bertz CT molecular complexity index is 1340. The van der Waals surface area contributed by atoms with Gasteiger partial charge < -0.3 is 19.8 Å². The summed E-state index contributed by atoms with van der Waals surface area (Å²) in [7, 11) is 3.45. The van der Waals surface area contributed by atoms with Crippen molar-refractivity contribution in [3.05, 3.63) is 83.5 Å². The molecule has 0 atom stereocenters. The van der Waals surface area contributed by atoms with Crippen molar-refractivity contribution in [2.45, 2.75) is 32.7 Å². The highest BCUT2D eigenvalue weighted by molar-refractivity contribution is 5.92. The number of rotatable bonds is 10. The van der Waals surface area contributed by atoms with E-state index in [1.807, 2.05) is 68.7 Å². The molecule has 4 rings (SSSR count). The molecule has 2 amide bonds. The Kier molecular flexibility index (Phi) is 7.79. The topological polar surface area (TPSA) is 111 Å². The van der Waals surface area contributed by atoms with Crippen molar-refractivity contribution in [2.24, 2.45) is 7.05 Å². The number of methoxy groups -OCH3 is 1. The molecule has 0 aliphatic rings. The minimum Gasteiger partial charge on any atom is -0.497 e. The molecule has 0 bridgehead atoms. The summed E-state index contributed by atoms with van der Waals surface area (Å²) in [6, 6.07) is 14.7. The number of anilines is 1. The van der Waals surface area contributed by atoms with Crippen molar-refractivity contribution >= 4 is 17.5 Å². The van der Waals surface area contributed by atoms with Crippen molar-refractivity contribution in [1.82, 2.24) is 20.1 Å². The summed E-state index contributed by atoms with van der Waals surface area (Å²) in [5.74, 6) is 1.61. The summed E-state index contributed by atoms with van der Waals surface area (Å²) >= 11 is 0. The maximum atomic E-state index is 12.5. The fourth-order valence-corrected chi connectivity index (χ4v) is 3.71. The van der Waals surface area contributed by atoms with Gasteiger partial charge in [-0.1, -0.05) is 18.2 Å². The van der Waals surface area contributed by atoms with Gasteiger partial charge in [0.2, 0.25) is 17.7 Å². The SMILES string of the molecule is COc1ccc(CC(=O)Nc2cccc(-c3nc(CNC(=O)CCc4cnn(C)c4)c(C)o3)c2)cc1. The fraction of sp³-hybridized carbons (Fsp3) is 0.259. The van der Waals surface area contributed by atoms with Gasteiger partial charge in [-0.25, -0.2) is 4.98 Å². The van der Waals surface area contributed by atoms with E-state index in [2.05, 4.69) is 20.7 Å². The predicted octanol–water partition coefficient (Wildman–Crippen LogP) is 3.82.